The largest absolute Gasteiger partial charge is 0.393 e. The summed E-state index contributed by atoms with van der Waals surface area (Å²) < 4.78 is 2.49. The van der Waals surface area contributed by atoms with Gasteiger partial charge in [0.15, 0.2) is 0 Å². The smallest absolute Gasteiger partial charge is 0.296 e. The fourth-order valence-corrected chi connectivity index (χ4v) is 3.08. The number of nitrogens with one attached hydrogen (secondary N) is 1. The van der Waals surface area contributed by atoms with E-state index in [-0.39, 0.29) is 11.2 Å². The van der Waals surface area contributed by atoms with Crippen LogP contribution in [0, 0.1) is 5.92 Å². The maximum Gasteiger partial charge on any atom is 0.296 e. The molecule has 3 N–H and O–H groups in total. The van der Waals surface area contributed by atoms with Gasteiger partial charge in [-0.05, 0) is 24.5 Å². The molecule has 1 aromatic carbocycles. The number of hydrogen-bond donors (Lipinski definition) is 2. The normalized spacial score (nSPS) is 11.6. The molecule has 0 atom stereocenters. The van der Waals surface area contributed by atoms with Crippen LogP contribution in [0.2, 0.25) is 0 Å². The number of rotatable bonds is 3. The number of para-hydroxylation sites is 1. The number of benzene rings is 1. The van der Waals surface area contributed by atoms with E-state index in [4.69, 9.17) is 5.73 Å². The highest BCUT2D eigenvalue weighted by Crippen LogP contribution is 2.24. The first-order valence-corrected chi connectivity index (χ1v) is 7.33. The fourth-order valence-electron chi connectivity index (χ4n) is 2.15. The first-order chi connectivity index (χ1) is 9.56. The highest BCUT2D eigenvalue weighted by molar-refractivity contribution is 7.20. The number of H-pyrrole nitrogens is 1. The summed E-state index contributed by atoms with van der Waals surface area (Å²) in [6.07, 6.45) is 0.749. The van der Waals surface area contributed by atoms with Crippen LogP contribution in [-0.4, -0.2) is 14.8 Å². The Balaban J connectivity index is 2.12. The summed E-state index contributed by atoms with van der Waals surface area (Å²) in [5, 5.41) is 3.71. The van der Waals surface area contributed by atoms with E-state index < -0.39 is 0 Å². The molecule has 0 aliphatic rings. The summed E-state index contributed by atoms with van der Waals surface area (Å²) in [4.78, 5) is 16.7. The Bertz CT molecular complexity index is 779. The maximum atomic E-state index is 12.2. The molecule has 104 valence electrons. The number of nitrogens with zero attached hydrogens (tertiary/aromatic N) is 2. The van der Waals surface area contributed by atoms with Crippen LogP contribution >= 0.6 is 11.3 Å². The molecule has 0 saturated heterocycles. The fraction of sp³-hybridized carbons (Fsp3) is 0.286. The minimum absolute atomic E-state index is 0.222. The van der Waals surface area contributed by atoms with Crippen LogP contribution in [0.3, 0.4) is 0 Å². The molecule has 0 fully saturated rings. The second-order valence-electron chi connectivity index (χ2n) is 5.21. The van der Waals surface area contributed by atoms with Crippen LogP contribution in [-0.2, 0) is 6.42 Å². The van der Waals surface area contributed by atoms with Crippen molar-refractivity contribution in [1.82, 2.24) is 14.8 Å². The van der Waals surface area contributed by atoms with Crippen LogP contribution in [0.5, 0.6) is 0 Å². The monoisotopic (exact) mass is 288 g/mol. The Kier molecular flexibility index (Phi) is 3.10. The summed E-state index contributed by atoms with van der Waals surface area (Å²) in [6, 6.07) is 7.81. The van der Waals surface area contributed by atoms with Crippen molar-refractivity contribution in [2.75, 3.05) is 5.73 Å². The van der Waals surface area contributed by atoms with Gasteiger partial charge in [-0.15, -0.1) is 0 Å². The summed E-state index contributed by atoms with van der Waals surface area (Å²) in [5.41, 5.74) is 7.63. The average molecular weight is 288 g/mol. The highest BCUT2D eigenvalue weighted by atomic mass is 32.1. The first kappa shape index (κ1) is 12.9. The zero-order chi connectivity index (χ0) is 14.3. The molecule has 0 bridgehead atoms. The molecule has 2 aromatic heterocycles. The molecule has 3 rings (SSSR count). The molecule has 0 radical (unpaired) electrons. The molecule has 2 heterocycles. The van der Waals surface area contributed by atoms with E-state index >= 15 is 0 Å². The third kappa shape index (κ3) is 2.12. The van der Waals surface area contributed by atoms with Gasteiger partial charge >= 0.3 is 0 Å². The second kappa shape index (κ2) is 4.79. The quantitative estimate of drug-likeness (QED) is 0.777. The third-order valence-electron chi connectivity index (χ3n) is 3.09. The van der Waals surface area contributed by atoms with E-state index in [1.807, 2.05) is 24.3 Å². The van der Waals surface area contributed by atoms with E-state index in [0.717, 1.165) is 22.3 Å². The van der Waals surface area contributed by atoms with Crippen molar-refractivity contribution in [3.8, 4) is 5.13 Å². The third-order valence-corrected chi connectivity index (χ3v) is 4.11. The number of aromatic amines is 1. The lowest BCUT2D eigenvalue weighted by atomic mass is 10.1. The van der Waals surface area contributed by atoms with Crippen LogP contribution in [0.1, 0.15) is 19.5 Å². The average Bonchev–Trinajstić information content (AvgIpc) is 2.94. The van der Waals surface area contributed by atoms with Gasteiger partial charge in [-0.2, -0.15) is 4.68 Å². The van der Waals surface area contributed by atoms with Crippen molar-refractivity contribution >= 4 is 27.2 Å². The Morgan fingerprint density at radius 1 is 1.40 bits per heavy atom. The SMILES string of the molecule is CC(C)Cc1[nH]n(-c2nc3ccccc3s2)c(=O)c1N. The zero-order valence-corrected chi connectivity index (χ0v) is 12.2. The number of nitrogens with two attached hydrogens (primary N) is 1. The van der Waals surface area contributed by atoms with Gasteiger partial charge in [0.25, 0.3) is 5.56 Å². The van der Waals surface area contributed by atoms with E-state index in [1.54, 1.807) is 0 Å². The molecule has 0 spiro atoms. The van der Waals surface area contributed by atoms with Crippen molar-refractivity contribution in [3.63, 3.8) is 0 Å². The topological polar surface area (TPSA) is 76.7 Å². The Morgan fingerprint density at radius 2 is 2.15 bits per heavy atom. The molecule has 0 amide bonds. The lowest BCUT2D eigenvalue weighted by Crippen LogP contribution is -2.16. The minimum Gasteiger partial charge on any atom is -0.393 e. The minimum atomic E-state index is -0.222. The van der Waals surface area contributed by atoms with Gasteiger partial charge in [0.05, 0.1) is 15.9 Å². The molecular formula is C14H16N4OS. The molecule has 6 heteroatoms. The molecule has 3 aromatic rings. The number of aromatic nitrogens is 3. The van der Waals surface area contributed by atoms with Gasteiger partial charge < -0.3 is 5.73 Å². The lowest BCUT2D eigenvalue weighted by molar-refractivity contribution is 0.628. The second-order valence-corrected chi connectivity index (χ2v) is 6.22. The van der Waals surface area contributed by atoms with Gasteiger partial charge in [-0.1, -0.05) is 37.3 Å². The van der Waals surface area contributed by atoms with Crippen LogP contribution < -0.4 is 11.3 Å². The van der Waals surface area contributed by atoms with E-state index in [2.05, 4.69) is 23.9 Å². The molecule has 5 nitrogen and oxygen atoms in total. The first-order valence-electron chi connectivity index (χ1n) is 6.51. The summed E-state index contributed by atoms with van der Waals surface area (Å²) in [5.74, 6) is 0.430. The Labute approximate surface area is 120 Å². The molecule has 0 aliphatic carbocycles. The van der Waals surface area contributed by atoms with Crippen molar-refractivity contribution in [3.05, 3.63) is 40.3 Å². The predicted molar refractivity (Wildman–Crippen MR) is 82.5 cm³/mol. The van der Waals surface area contributed by atoms with Gasteiger partial charge in [-0.3, -0.25) is 9.89 Å². The van der Waals surface area contributed by atoms with Crippen LogP contribution in [0.15, 0.2) is 29.1 Å². The van der Waals surface area contributed by atoms with Gasteiger partial charge in [0.2, 0.25) is 5.13 Å². The molecular weight excluding hydrogens is 272 g/mol. The van der Waals surface area contributed by atoms with Gasteiger partial charge in [0, 0.05) is 0 Å². The Hall–Kier alpha value is -2.08. The molecule has 0 unspecified atom stereocenters. The highest BCUT2D eigenvalue weighted by Gasteiger charge is 2.15. The number of anilines is 1. The predicted octanol–water partition coefficient (Wildman–Crippen LogP) is 2.56. The molecule has 0 aliphatic heterocycles. The molecule has 20 heavy (non-hydrogen) atoms. The lowest BCUT2D eigenvalue weighted by Gasteiger charge is -2.01. The number of hydrogen-bond acceptors (Lipinski definition) is 4. The number of nitrogen functional groups attached to an aromatic ring is 1. The number of fused-ring (bicyclic) bond motifs is 1. The van der Waals surface area contributed by atoms with Crippen molar-refractivity contribution in [2.24, 2.45) is 5.92 Å². The summed E-state index contributed by atoms with van der Waals surface area (Å²) >= 11 is 1.47. The van der Waals surface area contributed by atoms with Gasteiger partial charge in [-0.25, -0.2) is 4.98 Å². The zero-order valence-electron chi connectivity index (χ0n) is 11.4. The maximum absolute atomic E-state index is 12.2. The summed E-state index contributed by atoms with van der Waals surface area (Å²) in [7, 11) is 0. The van der Waals surface area contributed by atoms with Gasteiger partial charge in [0.1, 0.15) is 5.69 Å². The number of thiazole rings is 1. The van der Waals surface area contributed by atoms with Crippen molar-refractivity contribution < 1.29 is 0 Å². The Morgan fingerprint density at radius 3 is 2.85 bits per heavy atom. The van der Waals surface area contributed by atoms with Crippen molar-refractivity contribution in [1.29, 1.82) is 0 Å². The van der Waals surface area contributed by atoms with E-state index in [1.165, 1.54) is 16.0 Å². The standard InChI is InChI=1S/C14H16N4OS/c1-8(2)7-10-12(15)13(19)18(17-10)14-16-9-5-3-4-6-11(9)20-14/h3-6,8,17H,7,15H2,1-2H3. The van der Waals surface area contributed by atoms with Crippen molar-refractivity contribution in [2.45, 2.75) is 20.3 Å². The van der Waals surface area contributed by atoms with E-state index in [0.29, 0.717) is 11.0 Å². The van der Waals surface area contributed by atoms with E-state index in [9.17, 15) is 4.79 Å². The molecule has 0 saturated carbocycles. The van der Waals surface area contributed by atoms with Crippen LogP contribution in [0.4, 0.5) is 5.69 Å². The summed E-state index contributed by atoms with van der Waals surface area (Å²) in [6.45, 7) is 4.18. The van der Waals surface area contributed by atoms with Crippen LogP contribution in [0.25, 0.3) is 15.3 Å².